The first-order chi connectivity index (χ1) is 12.8. The largest absolute Gasteiger partial charge is 0.497 e. The molecule has 0 fully saturated rings. The Kier molecular flexibility index (Phi) is 6.61. The van der Waals surface area contributed by atoms with Crippen molar-refractivity contribution in [3.8, 4) is 5.75 Å². The molecule has 0 aliphatic heterocycles. The van der Waals surface area contributed by atoms with Crippen LogP contribution in [0.3, 0.4) is 0 Å². The summed E-state index contributed by atoms with van der Waals surface area (Å²) in [4.78, 5) is 27.7. The smallest absolute Gasteiger partial charge is 0.239 e. The van der Waals surface area contributed by atoms with Crippen molar-refractivity contribution in [2.75, 3.05) is 12.4 Å². The molecule has 0 unspecified atom stereocenters. The molecule has 0 heterocycles. The van der Waals surface area contributed by atoms with Crippen LogP contribution in [0.5, 0.6) is 5.75 Å². The summed E-state index contributed by atoms with van der Waals surface area (Å²) < 4.78 is 5.12. The summed E-state index contributed by atoms with van der Waals surface area (Å²) in [6, 6.07) is 16.8. The van der Waals surface area contributed by atoms with Gasteiger partial charge in [-0.2, -0.15) is 0 Å². The number of rotatable bonds is 7. The minimum absolute atomic E-state index is 0.0224. The molecule has 0 atom stereocenters. The highest BCUT2D eigenvalue weighted by atomic mass is 16.5. The molecular formula is C22H28N2O3. The lowest BCUT2D eigenvalue weighted by Gasteiger charge is -2.34. The van der Waals surface area contributed by atoms with Gasteiger partial charge >= 0.3 is 0 Å². The van der Waals surface area contributed by atoms with Crippen molar-refractivity contribution in [2.45, 2.75) is 40.3 Å². The fourth-order valence-corrected chi connectivity index (χ4v) is 2.69. The maximum atomic E-state index is 13.2. The molecule has 144 valence electrons. The summed E-state index contributed by atoms with van der Waals surface area (Å²) >= 11 is 0. The van der Waals surface area contributed by atoms with Crippen molar-refractivity contribution in [1.82, 2.24) is 4.90 Å². The zero-order chi connectivity index (χ0) is 20.0. The second-order valence-corrected chi connectivity index (χ2v) is 7.32. The molecular weight excluding hydrogens is 340 g/mol. The third-order valence-corrected chi connectivity index (χ3v) is 4.53. The minimum atomic E-state index is -1.20. The van der Waals surface area contributed by atoms with Gasteiger partial charge in [0, 0.05) is 18.3 Å². The lowest BCUT2D eigenvalue weighted by atomic mass is 9.89. The number of carbonyl (C=O) groups excluding carboxylic acids is 2. The SMILES string of the molecule is COc1ccc(NC(=O)C(C)(C)C(=O)N(Cc2ccccc2)C(C)C)cc1. The van der Waals surface area contributed by atoms with Gasteiger partial charge in [-0.3, -0.25) is 9.59 Å². The summed E-state index contributed by atoms with van der Waals surface area (Å²) in [5, 5.41) is 2.83. The van der Waals surface area contributed by atoms with Crippen LogP contribution in [0.25, 0.3) is 0 Å². The van der Waals surface area contributed by atoms with Crippen LogP contribution in [-0.4, -0.2) is 29.9 Å². The van der Waals surface area contributed by atoms with Crippen molar-refractivity contribution in [3.05, 3.63) is 60.2 Å². The van der Waals surface area contributed by atoms with E-state index in [1.165, 1.54) is 0 Å². The highest BCUT2D eigenvalue weighted by Gasteiger charge is 2.40. The van der Waals surface area contributed by atoms with Crippen LogP contribution < -0.4 is 10.1 Å². The molecule has 27 heavy (non-hydrogen) atoms. The standard InChI is InChI=1S/C22H28N2O3/c1-16(2)24(15-17-9-7-6-8-10-17)21(26)22(3,4)20(25)23-18-11-13-19(27-5)14-12-18/h6-14,16H,15H2,1-5H3,(H,23,25). The number of ether oxygens (including phenoxy) is 1. The van der Waals surface area contributed by atoms with E-state index in [1.54, 1.807) is 50.1 Å². The molecule has 0 aliphatic rings. The summed E-state index contributed by atoms with van der Waals surface area (Å²) in [5.74, 6) is 0.168. The van der Waals surface area contributed by atoms with E-state index in [0.29, 0.717) is 18.0 Å². The maximum Gasteiger partial charge on any atom is 0.239 e. The lowest BCUT2D eigenvalue weighted by molar-refractivity contribution is -0.148. The van der Waals surface area contributed by atoms with Crippen molar-refractivity contribution in [3.63, 3.8) is 0 Å². The van der Waals surface area contributed by atoms with E-state index in [0.717, 1.165) is 5.56 Å². The van der Waals surface area contributed by atoms with E-state index in [1.807, 2.05) is 44.2 Å². The van der Waals surface area contributed by atoms with Crippen molar-refractivity contribution in [2.24, 2.45) is 5.41 Å². The van der Waals surface area contributed by atoms with Gasteiger partial charge in [0.05, 0.1) is 7.11 Å². The molecule has 2 amide bonds. The van der Waals surface area contributed by atoms with Crippen molar-refractivity contribution >= 4 is 17.5 Å². The van der Waals surface area contributed by atoms with E-state index in [2.05, 4.69) is 5.32 Å². The summed E-state index contributed by atoms with van der Waals surface area (Å²) in [5.41, 5.74) is 0.464. The molecule has 0 saturated carbocycles. The third-order valence-electron chi connectivity index (χ3n) is 4.53. The second-order valence-electron chi connectivity index (χ2n) is 7.32. The second kappa shape index (κ2) is 8.71. The Morgan fingerprint density at radius 3 is 2.15 bits per heavy atom. The van der Waals surface area contributed by atoms with E-state index in [4.69, 9.17) is 4.74 Å². The number of hydrogen-bond donors (Lipinski definition) is 1. The molecule has 0 bridgehead atoms. The average molecular weight is 368 g/mol. The highest BCUT2D eigenvalue weighted by molar-refractivity contribution is 6.09. The molecule has 0 saturated heterocycles. The van der Waals surface area contributed by atoms with Gasteiger partial charge in [0.2, 0.25) is 11.8 Å². The number of anilines is 1. The van der Waals surface area contributed by atoms with Gasteiger partial charge in [-0.1, -0.05) is 30.3 Å². The van der Waals surface area contributed by atoms with Crippen LogP contribution in [-0.2, 0) is 16.1 Å². The fourth-order valence-electron chi connectivity index (χ4n) is 2.69. The van der Waals surface area contributed by atoms with Gasteiger partial charge in [-0.15, -0.1) is 0 Å². The summed E-state index contributed by atoms with van der Waals surface area (Å²) in [7, 11) is 1.59. The summed E-state index contributed by atoms with van der Waals surface area (Å²) in [6.07, 6.45) is 0. The van der Waals surface area contributed by atoms with Crippen LogP contribution in [0, 0.1) is 5.41 Å². The Hall–Kier alpha value is -2.82. The van der Waals surface area contributed by atoms with Gasteiger partial charge < -0.3 is 15.0 Å². The topological polar surface area (TPSA) is 58.6 Å². The number of carbonyl (C=O) groups is 2. The molecule has 1 N–H and O–H groups in total. The normalized spacial score (nSPS) is 11.2. The third kappa shape index (κ3) is 5.09. The first-order valence-electron chi connectivity index (χ1n) is 9.06. The molecule has 0 aliphatic carbocycles. The number of benzene rings is 2. The van der Waals surface area contributed by atoms with Crippen LogP contribution >= 0.6 is 0 Å². The molecule has 0 aromatic heterocycles. The van der Waals surface area contributed by atoms with Crippen LogP contribution in [0.1, 0.15) is 33.3 Å². The number of amides is 2. The quantitative estimate of drug-likeness (QED) is 0.749. The van der Waals surface area contributed by atoms with Gasteiger partial charge in [-0.25, -0.2) is 0 Å². The molecule has 0 spiro atoms. The van der Waals surface area contributed by atoms with Gasteiger partial charge in [0.15, 0.2) is 0 Å². The number of nitrogens with zero attached hydrogens (tertiary/aromatic N) is 1. The van der Waals surface area contributed by atoms with E-state index < -0.39 is 5.41 Å². The van der Waals surface area contributed by atoms with Crippen LogP contribution in [0.4, 0.5) is 5.69 Å². The predicted octanol–water partition coefficient (Wildman–Crippen LogP) is 4.10. The Morgan fingerprint density at radius 1 is 1.04 bits per heavy atom. The maximum absolute atomic E-state index is 13.2. The Labute approximate surface area is 161 Å². The van der Waals surface area contributed by atoms with Crippen LogP contribution in [0.2, 0.25) is 0 Å². The van der Waals surface area contributed by atoms with Crippen molar-refractivity contribution < 1.29 is 14.3 Å². The number of nitrogens with one attached hydrogen (secondary N) is 1. The monoisotopic (exact) mass is 368 g/mol. The van der Waals surface area contributed by atoms with Crippen molar-refractivity contribution in [1.29, 1.82) is 0 Å². The Balaban J connectivity index is 2.15. The molecule has 2 rings (SSSR count). The van der Waals surface area contributed by atoms with E-state index in [-0.39, 0.29) is 17.9 Å². The number of methoxy groups -OCH3 is 1. The zero-order valence-electron chi connectivity index (χ0n) is 16.7. The van der Waals surface area contributed by atoms with Gasteiger partial charge in [0.25, 0.3) is 0 Å². The van der Waals surface area contributed by atoms with E-state index >= 15 is 0 Å². The first-order valence-corrected chi connectivity index (χ1v) is 9.06. The Morgan fingerprint density at radius 2 is 1.63 bits per heavy atom. The summed E-state index contributed by atoms with van der Waals surface area (Å²) in [6.45, 7) is 7.70. The first kappa shape index (κ1) is 20.5. The molecule has 5 nitrogen and oxygen atoms in total. The fraction of sp³-hybridized carbons (Fsp3) is 0.364. The minimum Gasteiger partial charge on any atom is -0.497 e. The molecule has 2 aromatic carbocycles. The highest BCUT2D eigenvalue weighted by Crippen LogP contribution is 2.25. The molecule has 2 aromatic rings. The van der Waals surface area contributed by atoms with Gasteiger partial charge in [0.1, 0.15) is 11.2 Å². The van der Waals surface area contributed by atoms with E-state index in [9.17, 15) is 9.59 Å². The molecule has 0 radical (unpaired) electrons. The lowest BCUT2D eigenvalue weighted by Crippen LogP contribution is -2.49. The average Bonchev–Trinajstić information content (AvgIpc) is 2.66. The number of hydrogen-bond acceptors (Lipinski definition) is 3. The van der Waals surface area contributed by atoms with Gasteiger partial charge in [-0.05, 0) is 57.5 Å². The molecule has 5 heteroatoms. The zero-order valence-corrected chi connectivity index (χ0v) is 16.7. The van der Waals surface area contributed by atoms with Crippen LogP contribution in [0.15, 0.2) is 54.6 Å². The Bertz CT molecular complexity index is 768. The predicted molar refractivity (Wildman–Crippen MR) is 108 cm³/mol.